The predicted octanol–water partition coefficient (Wildman–Crippen LogP) is 2.99. The van der Waals surface area contributed by atoms with Crippen molar-refractivity contribution in [3.8, 4) is 0 Å². The Hall–Kier alpha value is -2.21. The van der Waals surface area contributed by atoms with Crippen molar-refractivity contribution in [2.75, 3.05) is 24.3 Å². The predicted molar refractivity (Wildman–Crippen MR) is 120 cm³/mol. The molecule has 11 heteroatoms. The smallest absolute Gasteiger partial charge is 0.414 e. The van der Waals surface area contributed by atoms with Gasteiger partial charge in [0.05, 0.1) is 6.54 Å². The number of benzene rings is 1. The van der Waals surface area contributed by atoms with Gasteiger partial charge in [-0.2, -0.15) is 0 Å². The quantitative estimate of drug-likeness (QED) is 0.604. The molecule has 0 bridgehead atoms. The highest BCUT2D eigenvalue weighted by molar-refractivity contribution is 7.92. The van der Waals surface area contributed by atoms with Crippen molar-refractivity contribution in [1.29, 1.82) is 0 Å². The Kier molecular flexibility index (Phi) is 6.44. The van der Waals surface area contributed by atoms with Gasteiger partial charge >= 0.3 is 6.09 Å². The van der Waals surface area contributed by atoms with Gasteiger partial charge in [-0.25, -0.2) is 23.5 Å². The summed E-state index contributed by atoms with van der Waals surface area (Å²) in [5, 5.41) is 3.04. The number of ether oxygens (including phenoxy) is 2. The van der Waals surface area contributed by atoms with Crippen molar-refractivity contribution in [1.82, 2.24) is 5.48 Å². The van der Waals surface area contributed by atoms with Crippen molar-refractivity contribution in [3.63, 3.8) is 0 Å². The SMILES string of the molecule is CC(CC1CN(c2ccc3ccsc3c2)C(=O)O1)(C(=O)NOC1CCCCO1)S(C)(=O)=O. The second-order valence-electron chi connectivity index (χ2n) is 8.31. The first kappa shape index (κ1) is 23.0. The van der Waals surface area contributed by atoms with Crippen molar-refractivity contribution in [2.24, 2.45) is 0 Å². The second-order valence-corrected chi connectivity index (χ2v) is 11.7. The first-order chi connectivity index (χ1) is 15.2. The number of anilines is 1. The van der Waals surface area contributed by atoms with Crippen LogP contribution in [0.4, 0.5) is 10.5 Å². The van der Waals surface area contributed by atoms with Crippen LogP contribution in [0.3, 0.4) is 0 Å². The number of hydrogen-bond acceptors (Lipinski definition) is 8. The molecule has 2 amide bonds. The summed E-state index contributed by atoms with van der Waals surface area (Å²) >= 11 is 1.56. The fourth-order valence-corrected chi connectivity index (χ4v) is 5.52. The van der Waals surface area contributed by atoms with Gasteiger partial charge in [0.15, 0.2) is 20.9 Å². The van der Waals surface area contributed by atoms with Crippen LogP contribution in [0.1, 0.15) is 32.6 Å². The van der Waals surface area contributed by atoms with E-state index in [1.807, 2.05) is 29.6 Å². The van der Waals surface area contributed by atoms with E-state index in [0.29, 0.717) is 18.7 Å². The van der Waals surface area contributed by atoms with Crippen LogP contribution in [0.25, 0.3) is 10.1 Å². The zero-order chi connectivity index (χ0) is 22.9. The average Bonchev–Trinajstić information content (AvgIpc) is 3.37. The Labute approximate surface area is 190 Å². The van der Waals surface area contributed by atoms with Gasteiger partial charge in [0.1, 0.15) is 6.10 Å². The number of hydroxylamine groups is 1. The molecule has 2 aliphatic rings. The number of amides is 2. The number of nitrogens with zero attached hydrogens (tertiary/aromatic N) is 1. The first-order valence-electron chi connectivity index (χ1n) is 10.4. The number of thiophene rings is 1. The lowest BCUT2D eigenvalue weighted by Crippen LogP contribution is -2.53. The summed E-state index contributed by atoms with van der Waals surface area (Å²) in [6, 6.07) is 7.62. The van der Waals surface area contributed by atoms with Crippen LogP contribution in [0.5, 0.6) is 0 Å². The van der Waals surface area contributed by atoms with E-state index in [0.717, 1.165) is 29.2 Å². The fraction of sp³-hybridized carbons (Fsp3) is 0.524. The van der Waals surface area contributed by atoms with Gasteiger partial charge in [0.2, 0.25) is 0 Å². The molecule has 32 heavy (non-hydrogen) atoms. The highest BCUT2D eigenvalue weighted by Gasteiger charge is 2.48. The van der Waals surface area contributed by atoms with Crippen LogP contribution >= 0.6 is 11.3 Å². The maximum atomic E-state index is 12.9. The number of hydrogen-bond donors (Lipinski definition) is 1. The summed E-state index contributed by atoms with van der Waals surface area (Å²) in [4.78, 5) is 32.1. The van der Waals surface area contributed by atoms with Gasteiger partial charge < -0.3 is 9.47 Å². The summed E-state index contributed by atoms with van der Waals surface area (Å²) < 4.78 is 35.2. The molecule has 1 aromatic heterocycles. The zero-order valence-corrected chi connectivity index (χ0v) is 19.5. The Morgan fingerprint density at radius 3 is 2.88 bits per heavy atom. The highest BCUT2D eigenvalue weighted by Crippen LogP contribution is 2.32. The average molecular weight is 483 g/mol. The van der Waals surface area contributed by atoms with Crippen LogP contribution in [0.2, 0.25) is 0 Å². The molecule has 2 saturated heterocycles. The molecule has 2 fully saturated rings. The molecule has 1 N–H and O–H groups in total. The summed E-state index contributed by atoms with van der Waals surface area (Å²) in [5.74, 6) is -0.816. The van der Waals surface area contributed by atoms with Crippen LogP contribution < -0.4 is 10.4 Å². The maximum Gasteiger partial charge on any atom is 0.414 e. The van der Waals surface area contributed by atoms with Gasteiger partial charge in [-0.1, -0.05) is 6.07 Å². The molecule has 3 atom stereocenters. The molecule has 0 aliphatic carbocycles. The monoisotopic (exact) mass is 482 g/mol. The lowest BCUT2D eigenvalue weighted by atomic mass is 10.0. The van der Waals surface area contributed by atoms with Crippen LogP contribution in [0.15, 0.2) is 29.6 Å². The largest absolute Gasteiger partial charge is 0.444 e. The van der Waals surface area contributed by atoms with Gasteiger partial charge in [-0.3, -0.25) is 9.69 Å². The molecular formula is C21H26N2O7S2. The molecule has 0 radical (unpaired) electrons. The summed E-state index contributed by atoms with van der Waals surface area (Å²) in [5.41, 5.74) is 2.91. The van der Waals surface area contributed by atoms with Crippen LogP contribution in [-0.2, 0) is 28.9 Å². The molecule has 3 unspecified atom stereocenters. The minimum absolute atomic E-state index is 0.140. The van der Waals surface area contributed by atoms with E-state index in [-0.39, 0.29) is 13.0 Å². The zero-order valence-electron chi connectivity index (χ0n) is 17.9. The molecule has 174 valence electrons. The van der Waals surface area contributed by atoms with Gasteiger partial charge in [-0.15, -0.1) is 11.3 Å². The lowest BCUT2D eigenvalue weighted by molar-refractivity contribution is -0.201. The third-order valence-electron chi connectivity index (χ3n) is 5.96. The highest BCUT2D eigenvalue weighted by atomic mass is 32.2. The molecule has 4 rings (SSSR count). The minimum atomic E-state index is -3.87. The van der Waals surface area contributed by atoms with Gasteiger partial charge in [0.25, 0.3) is 5.91 Å². The van der Waals surface area contributed by atoms with E-state index in [9.17, 15) is 18.0 Å². The molecule has 0 spiro atoms. The number of carbonyl (C=O) groups excluding carboxylic acids is 2. The topological polar surface area (TPSA) is 111 Å². The third kappa shape index (κ3) is 4.61. The van der Waals surface area contributed by atoms with Gasteiger partial charge in [0, 0.05) is 36.1 Å². The van der Waals surface area contributed by atoms with Crippen molar-refractivity contribution in [2.45, 2.75) is 49.7 Å². The number of rotatable bonds is 7. The lowest BCUT2D eigenvalue weighted by Gasteiger charge is -2.29. The number of nitrogens with one attached hydrogen (secondary N) is 1. The molecule has 1 aromatic carbocycles. The molecule has 0 saturated carbocycles. The summed E-state index contributed by atoms with van der Waals surface area (Å²) in [7, 11) is -3.87. The number of sulfone groups is 1. The molecule has 9 nitrogen and oxygen atoms in total. The Morgan fingerprint density at radius 1 is 1.34 bits per heavy atom. The maximum absolute atomic E-state index is 12.9. The Morgan fingerprint density at radius 2 is 2.16 bits per heavy atom. The standard InChI is InChI=1S/C21H26N2O7S2/c1-21(32(2,26)27,19(24)22-30-18-5-3-4-9-28-18)12-16-13-23(20(25)29-16)15-7-6-14-8-10-31-17(14)11-15/h6-8,10-11,16,18H,3-5,9,12-13H2,1-2H3,(H,22,24). The minimum Gasteiger partial charge on any atom is -0.444 e. The van der Waals surface area contributed by atoms with Crippen LogP contribution in [0, 0.1) is 0 Å². The fourth-order valence-electron chi connectivity index (χ4n) is 3.83. The van der Waals surface area contributed by atoms with E-state index in [4.69, 9.17) is 14.3 Å². The van der Waals surface area contributed by atoms with E-state index in [1.54, 1.807) is 11.3 Å². The molecule has 2 aromatic rings. The van der Waals surface area contributed by atoms with E-state index < -0.39 is 39.0 Å². The molecular weight excluding hydrogens is 456 g/mol. The number of carbonyl (C=O) groups is 2. The van der Waals surface area contributed by atoms with Crippen molar-refractivity contribution >= 4 is 48.9 Å². The van der Waals surface area contributed by atoms with E-state index in [1.165, 1.54) is 11.8 Å². The first-order valence-corrected chi connectivity index (χ1v) is 13.2. The Balaban J connectivity index is 1.46. The second kappa shape index (κ2) is 8.97. The summed E-state index contributed by atoms with van der Waals surface area (Å²) in [6.07, 6.45) is 1.25. The van der Waals surface area contributed by atoms with Crippen LogP contribution in [-0.4, -0.2) is 57.0 Å². The number of cyclic esters (lactones) is 1. The summed E-state index contributed by atoms with van der Waals surface area (Å²) in [6.45, 7) is 1.98. The van der Waals surface area contributed by atoms with Crippen molar-refractivity contribution in [3.05, 3.63) is 29.6 Å². The van der Waals surface area contributed by atoms with E-state index in [2.05, 4.69) is 5.48 Å². The Bertz CT molecular complexity index is 1110. The van der Waals surface area contributed by atoms with Gasteiger partial charge in [-0.05, 0) is 48.7 Å². The third-order valence-corrected chi connectivity index (χ3v) is 8.83. The number of fused-ring (bicyclic) bond motifs is 1. The normalized spacial score (nSPS) is 23.7. The molecule has 2 aliphatic heterocycles. The van der Waals surface area contributed by atoms with Crippen molar-refractivity contribution < 1.29 is 32.3 Å². The van der Waals surface area contributed by atoms with E-state index >= 15 is 0 Å². The molecule has 3 heterocycles.